The number of nitrogens with zero attached hydrogens (tertiary/aromatic N) is 1. The summed E-state index contributed by atoms with van der Waals surface area (Å²) in [7, 11) is 0. The molecule has 126 valence electrons. The van der Waals surface area contributed by atoms with Gasteiger partial charge in [-0.05, 0) is 43.7 Å². The fourth-order valence-corrected chi connectivity index (χ4v) is 3.19. The Kier molecular flexibility index (Phi) is 7.04. The molecular weight excluding hydrogens is 290 g/mol. The molecule has 5 nitrogen and oxygen atoms in total. The molecule has 5 heteroatoms. The molecule has 23 heavy (non-hydrogen) atoms. The summed E-state index contributed by atoms with van der Waals surface area (Å²) in [6.45, 7) is 2.22. The molecule has 0 saturated heterocycles. The lowest BCUT2D eigenvalue weighted by Gasteiger charge is -2.27. The number of pyridine rings is 1. The van der Waals surface area contributed by atoms with E-state index in [0.29, 0.717) is 5.56 Å². The molecule has 0 atom stereocenters. The number of hydrogen-bond donors (Lipinski definition) is 2. The first kappa shape index (κ1) is 17.4. The minimum Gasteiger partial charge on any atom is -0.273 e. The van der Waals surface area contributed by atoms with Crippen molar-refractivity contribution in [1.82, 2.24) is 15.8 Å². The van der Waals surface area contributed by atoms with E-state index in [4.69, 9.17) is 0 Å². The van der Waals surface area contributed by atoms with Crippen molar-refractivity contribution in [2.75, 3.05) is 0 Å². The van der Waals surface area contributed by atoms with Crippen LogP contribution in [0.25, 0.3) is 0 Å². The monoisotopic (exact) mass is 317 g/mol. The van der Waals surface area contributed by atoms with Gasteiger partial charge in [-0.25, -0.2) is 0 Å². The van der Waals surface area contributed by atoms with E-state index in [0.717, 1.165) is 31.6 Å². The molecule has 2 amide bonds. The Morgan fingerprint density at radius 3 is 2.43 bits per heavy atom. The van der Waals surface area contributed by atoms with E-state index in [1.54, 1.807) is 24.5 Å². The number of amides is 2. The highest BCUT2D eigenvalue weighted by Gasteiger charge is 2.26. The van der Waals surface area contributed by atoms with Gasteiger partial charge in [0.2, 0.25) is 5.91 Å². The smallest absolute Gasteiger partial charge is 0.269 e. The largest absolute Gasteiger partial charge is 0.273 e. The zero-order chi connectivity index (χ0) is 16.5. The van der Waals surface area contributed by atoms with Crippen LogP contribution in [0, 0.1) is 11.8 Å². The third-order valence-electron chi connectivity index (χ3n) is 4.68. The second-order valence-electron chi connectivity index (χ2n) is 6.39. The summed E-state index contributed by atoms with van der Waals surface area (Å²) >= 11 is 0. The molecule has 2 N–H and O–H groups in total. The molecule has 0 bridgehead atoms. The average molecular weight is 317 g/mol. The summed E-state index contributed by atoms with van der Waals surface area (Å²) in [4.78, 5) is 27.9. The van der Waals surface area contributed by atoms with Gasteiger partial charge in [-0.1, -0.05) is 32.6 Å². The molecule has 0 aromatic carbocycles. The molecule has 0 aliphatic heterocycles. The van der Waals surface area contributed by atoms with Crippen LogP contribution in [0.4, 0.5) is 0 Å². The average Bonchev–Trinajstić information content (AvgIpc) is 2.61. The van der Waals surface area contributed by atoms with Crippen LogP contribution >= 0.6 is 0 Å². The van der Waals surface area contributed by atoms with Crippen molar-refractivity contribution < 1.29 is 9.59 Å². The number of carbonyl (C=O) groups is 2. The second-order valence-corrected chi connectivity index (χ2v) is 6.39. The minimum absolute atomic E-state index is 0.0233. The zero-order valence-corrected chi connectivity index (χ0v) is 13.9. The van der Waals surface area contributed by atoms with Crippen molar-refractivity contribution >= 4 is 11.8 Å². The molecule has 1 aromatic heterocycles. The van der Waals surface area contributed by atoms with Crippen LogP contribution in [-0.2, 0) is 4.79 Å². The molecule has 1 heterocycles. The maximum absolute atomic E-state index is 12.2. The van der Waals surface area contributed by atoms with E-state index >= 15 is 0 Å². The predicted molar refractivity (Wildman–Crippen MR) is 89.4 cm³/mol. The van der Waals surface area contributed by atoms with Crippen molar-refractivity contribution in [3.8, 4) is 0 Å². The van der Waals surface area contributed by atoms with Crippen LogP contribution in [0.1, 0.15) is 68.6 Å². The number of carbonyl (C=O) groups excluding carboxylic acids is 2. The number of hydrogen-bond acceptors (Lipinski definition) is 3. The minimum atomic E-state index is -0.311. The molecule has 1 fully saturated rings. The van der Waals surface area contributed by atoms with Crippen LogP contribution in [-0.4, -0.2) is 16.8 Å². The highest BCUT2D eigenvalue weighted by atomic mass is 16.2. The Morgan fingerprint density at radius 1 is 1.09 bits per heavy atom. The van der Waals surface area contributed by atoms with Crippen LogP contribution < -0.4 is 10.9 Å². The Bertz CT molecular complexity index is 496. The molecule has 1 aliphatic carbocycles. The first-order valence-corrected chi connectivity index (χ1v) is 8.71. The summed E-state index contributed by atoms with van der Waals surface area (Å²) in [5.74, 6) is 0.417. The summed E-state index contributed by atoms with van der Waals surface area (Å²) in [6, 6.07) is 3.23. The number of aromatic nitrogens is 1. The zero-order valence-electron chi connectivity index (χ0n) is 13.9. The van der Waals surface area contributed by atoms with Crippen LogP contribution in [0.2, 0.25) is 0 Å². The molecule has 1 saturated carbocycles. The Labute approximate surface area is 138 Å². The number of nitrogens with one attached hydrogen (secondary N) is 2. The topological polar surface area (TPSA) is 71.1 Å². The fraction of sp³-hybridized carbons (Fsp3) is 0.611. The van der Waals surface area contributed by atoms with Crippen LogP contribution in [0.5, 0.6) is 0 Å². The quantitative estimate of drug-likeness (QED) is 0.625. The van der Waals surface area contributed by atoms with Gasteiger partial charge < -0.3 is 0 Å². The van der Waals surface area contributed by atoms with Gasteiger partial charge in [0.1, 0.15) is 0 Å². The summed E-state index contributed by atoms with van der Waals surface area (Å²) in [5.41, 5.74) is 5.53. The van der Waals surface area contributed by atoms with Gasteiger partial charge >= 0.3 is 0 Å². The molecule has 1 aromatic rings. The molecule has 0 radical (unpaired) electrons. The van der Waals surface area contributed by atoms with E-state index in [1.165, 1.54) is 25.7 Å². The van der Waals surface area contributed by atoms with Crippen molar-refractivity contribution in [1.29, 1.82) is 0 Å². The maximum atomic E-state index is 12.2. The lowest BCUT2D eigenvalue weighted by molar-refractivity contribution is -0.127. The SMILES string of the molecule is CCCCCC1CCC(C(=O)NNC(=O)c2ccncc2)CC1. The van der Waals surface area contributed by atoms with E-state index in [-0.39, 0.29) is 17.7 Å². The van der Waals surface area contributed by atoms with Gasteiger partial charge in [-0.15, -0.1) is 0 Å². The Morgan fingerprint density at radius 2 is 1.78 bits per heavy atom. The standard InChI is InChI=1S/C18H27N3O2/c1-2-3-4-5-14-6-8-15(9-7-14)17(22)20-21-18(23)16-10-12-19-13-11-16/h10-15H,2-9H2,1H3,(H,20,22)(H,21,23). The first-order valence-electron chi connectivity index (χ1n) is 8.71. The third-order valence-corrected chi connectivity index (χ3v) is 4.68. The van der Waals surface area contributed by atoms with Gasteiger partial charge in [-0.3, -0.25) is 25.4 Å². The highest BCUT2D eigenvalue weighted by Crippen LogP contribution is 2.32. The maximum Gasteiger partial charge on any atom is 0.269 e. The van der Waals surface area contributed by atoms with Gasteiger partial charge in [0.05, 0.1) is 0 Å². The van der Waals surface area contributed by atoms with Gasteiger partial charge in [0.15, 0.2) is 0 Å². The normalized spacial score (nSPS) is 20.7. The molecule has 0 spiro atoms. The van der Waals surface area contributed by atoms with Gasteiger partial charge in [0.25, 0.3) is 5.91 Å². The number of hydrazine groups is 1. The van der Waals surface area contributed by atoms with Crippen molar-refractivity contribution in [2.45, 2.75) is 58.3 Å². The summed E-state index contributed by atoms with van der Waals surface area (Å²) < 4.78 is 0. The van der Waals surface area contributed by atoms with Crippen LogP contribution in [0.15, 0.2) is 24.5 Å². The lowest BCUT2D eigenvalue weighted by Crippen LogP contribution is -2.45. The van der Waals surface area contributed by atoms with Gasteiger partial charge in [-0.2, -0.15) is 0 Å². The Hall–Kier alpha value is -1.91. The van der Waals surface area contributed by atoms with Crippen LogP contribution in [0.3, 0.4) is 0 Å². The van der Waals surface area contributed by atoms with Gasteiger partial charge in [0, 0.05) is 23.9 Å². The van der Waals surface area contributed by atoms with E-state index in [1.807, 2.05) is 0 Å². The first-order chi connectivity index (χ1) is 11.2. The lowest BCUT2D eigenvalue weighted by atomic mass is 9.79. The van der Waals surface area contributed by atoms with Crippen molar-refractivity contribution in [2.24, 2.45) is 11.8 Å². The number of unbranched alkanes of at least 4 members (excludes halogenated alkanes) is 2. The number of rotatable bonds is 6. The third kappa shape index (κ3) is 5.66. The molecule has 2 rings (SSSR count). The van der Waals surface area contributed by atoms with E-state index < -0.39 is 0 Å². The highest BCUT2D eigenvalue weighted by molar-refractivity contribution is 5.95. The molecule has 1 aliphatic rings. The molecular formula is C18H27N3O2. The van der Waals surface area contributed by atoms with Crippen molar-refractivity contribution in [3.63, 3.8) is 0 Å². The predicted octanol–water partition coefficient (Wildman–Crippen LogP) is 3.23. The summed E-state index contributed by atoms with van der Waals surface area (Å²) in [6.07, 6.45) is 12.4. The van der Waals surface area contributed by atoms with E-state index in [2.05, 4.69) is 22.8 Å². The Balaban J connectivity index is 1.68. The summed E-state index contributed by atoms with van der Waals surface area (Å²) in [5, 5.41) is 0. The fourth-order valence-electron chi connectivity index (χ4n) is 3.19. The molecule has 0 unspecified atom stereocenters. The van der Waals surface area contributed by atoms with E-state index in [9.17, 15) is 9.59 Å². The second kappa shape index (κ2) is 9.28. The van der Waals surface area contributed by atoms with Crippen molar-refractivity contribution in [3.05, 3.63) is 30.1 Å².